The Morgan fingerprint density at radius 2 is 1.88 bits per heavy atom. The van der Waals surface area contributed by atoms with E-state index in [0.717, 1.165) is 5.56 Å². The molecule has 2 N–H and O–H groups in total. The predicted octanol–water partition coefficient (Wildman–Crippen LogP) is 1.97. The van der Waals surface area contributed by atoms with Crippen molar-refractivity contribution < 1.29 is 9.90 Å². The van der Waals surface area contributed by atoms with Crippen LogP contribution in [0.3, 0.4) is 0 Å². The van der Waals surface area contributed by atoms with E-state index in [0.29, 0.717) is 37.2 Å². The number of amides is 1. The van der Waals surface area contributed by atoms with Crippen LogP contribution in [-0.4, -0.2) is 39.2 Å². The number of aryl methyl sites for hydroxylation is 1. The lowest BCUT2D eigenvalue weighted by Crippen LogP contribution is -2.42. The molecule has 6 nitrogen and oxygen atoms in total. The zero-order valence-corrected chi connectivity index (χ0v) is 14.5. The van der Waals surface area contributed by atoms with E-state index in [1.165, 1.54) is 0 Å². The first-order valence-electron chi connectivity index (χ1n) is 8.57. The minimum absolute atomic E-state index is 0.116. The van der Waals surface area contributed by atoms with E-state index in [-0.39, 0.29) is 17.4 Å². The zero-order valence-electron chi connectivity index (χ0n) is 14.5. The van der Waals surface area contributed by atoms with E-state index in [9.17, 15) is 14.7 Å². The molecule has 0 unspecified atom stereocenters. The summed E-state index contributed by atoms with van der Waals surface area (Å²) in [5.74, 6) is -0.137. The summed E-state index contributed by atoms with van der Waals surface area (Å²) in [6.45, 7) is 4.59. The summed E-state index contributed by atoms with van der Waals surface area (Å²) in [5.41, 5.74) is 1.91. The van der Waals surface area contributed by atoms with E-state index < -0.39 is 11.7 Å². The van der Waals surface area contributed by atoms with Crippen molar-refractivity contribution in [2.24, 2.45) is 5.92 Å². The Balaban J connectivity index is 1.70. The number of likely N-dealkylation sites (tertiary alicyclic amines) is 1. The Bertz CT molecular complexity index is 808. The van der Waals surface area contributed by atoms with Gasteiger partial charge in [-0.2, -0.15) is 5.10 Å². The number of aromatic nitrogens is 2. The summed E-state index contributed by atoms with van der Waals surface area (Å²) in [5, 5.41) is 16.8. The molecule has 6 heteroatoms. The third-order valence-corrected chi connectivity index (χ3v) is 5.10. The summed E-state index contributed by atoms with van der Waals surface area (Å²) in [4.78, 5) is 26.5. The quantitative estimate of drug-likeness (QED) is 0.894. The normalized spacial score (nSPS) is 16.7. The summed E-state index contributed by atoms with van der Waals surface area (Å²) in [6.07, 6.45) is 0.901. The number of carbonyl (C=O) groups excluding carboxylic acids is 1. The van der Waals surface area contributed by atoms with Gasteiger partial charge in [0, 0.05) is 13.1 Å². The lowest BCUT2D eigenvalue weighted by Gasteiger charge is -2.34. The number of hydrogen-bond acceptors (Lipinski definition) is 4. The van der Waals surface area contributed by atoms with Crippen molar-refractivity contribution in [2.45, 2.75) is 32.8 Å². The highest BCUT2D eigenvalue weighted by Gasteiger charge is 2.30. The second kappa shape index (κ2) is 7.19. The van der Waals surface area contributed by atoms with Gasteiger partial charge in [-0.3, -0.25) is 9.59 Å². The molecule has 1 aliphatic rings. The smallest absolute Gasteiger partial charge is 0.277 e. The third kappa shape index (κ3) is 3.49. The molecule has 3 rings (SSSR count). The largest absolute Gasteiger partial charge is 0.388 e. The van der Waals surface area contributed by atoms with Crippen LogP contribution >= 0.6 is 0 Å². The van der Waals surface area contributed by atoms with Gasteiger partial charge in [0.25, 0.3) is 11.5 Å². The molecule has 0 bridgehead atoms. The van der Waals surface area contributed by atoms with E-state index >= 15 is 0 Å². The van der Waals surface area contributed by atoms with E-state index in [1.54, 1.807) is 18.7 Å². The highest BCUT2D eigenvalue weighted by Crippen LogP contribution is 2.31. The predicted molar refractivity (Wildman–Crippen MR) is 94.4 cm³/mol. The minimum atomic E-state index is -0.522. The van der Waals surface area contributed by atoms with Crippen molar-refractivity contribution in [2.75, 3.05) is 13.1 Å². The monoisotopic (exact) mass is 341 g/mol. The van der Waals surface area contributed by atoms with Gasteiger partial charge in [0.1, 0.15) is 5.56 Å². The molecule has 1 aromatic heterocycles. The lowest BCUT2D eigenvalue weighted by atomic mass is 9.87. The molecule has 0 aliphatic carbocycles. The van der Waals surface area contributed by atoms with Crippen LogP contribution in [0.4, 0.5) is 0 Å². The van der Waals surface area contributed by atoms with Gasteiger partial charge in [0.15, 0.2) is 0 Å². The van der Waals surface area contributed by atoms with Crippen LogP contribution in [0.15, 0.2) is 35.1 Å². The summed E-state index contributed by atoms with van der Waals surface area (Å²) >= 11 is 0. The second-order valence-corrected chi connectivity index (χ2v) is 6.62. The summed E-state index contributed by atoms with van der Waals surface area (Å²) < 4.78 is 0. The molecule has 1 atom stereocenters. The molecule has 1 aliphatic heterocycles. The Hall–Kier alpha value is -2.47. The first kappa shape index (κ1) is 17.4. The molecule has 2 heterocycles. The molecule has 1 saturated heterocycles. The molecule has 1 amide bonds. The number of piperidine rings is 1. The molecule has 132 valence electrons. The Labute approximate surface area is 146 Å². The van der Waals surface area contributed by atoms with E-state index in [2.05, 4.69) is 10.2 Å². The van der Waals surface area contributed by atoms with Gasteiger partial charge in [-0.25, -0.2) is 5.10 Å². The fourth-order valence-corrected chi connectivity index (χ4v) is 3.38. The molecule has 2 aromatic rings. The number of nitrogens with one attached hydrogen (secondary N) is 1. The lowest BCUT2D eigenvalue weighted by molar-refractivity contribution is 0.0460. The summed E-state index contributed by atoms with van der Waals surface area (Å²) in [7, 11) is 0. The number of nitrogens with zero attached hydrogens (tertiary/aromatic N) is 2. The van der Waals surface area contributed by atoms with Gasteiger partial charge in [0.05, 0.1) is 11.8 Å². The SMILES string of the molecule is Cc1n[nH]c(=O)c(C(=O)N2CCC([C@@H](O)c3ccccc3)CC2)c1C. The first-order valence-corrected chi connectivity index (χ1v) is 8.57. The Kier molecular flexibility index (Phi) is 4.99. The van der Waals surface area contributed by atoms with Gasteiger partial charge >= 0.3 is 0 Å². The molecule has 25 heavy (non-hydrogen) atoms. The molecule has 1 aromatic carbocycles. The third-order valence-electron chi connectivity index (χ3n) is 5.10. The van der Waals surface area contributed by atoms with Gasteiger partial charge in [-0.1, -0.05) is 30.3 Å². The van der Waals surface area contributed by atoms with Crippen molar-refractivity contribution in [3.05, 3.63) is 63.1 Å². The summed E-state index contributed by atoms with van der Waals surface area (Å²) in [6, 6.07) is 9.60. The second-order valence-electron chi connectivity index (χ2n) is 6.62. The van der Waals surface area contributed by atoms with Crippen molar-refractivity contribution in [3.63, 3.8) is 0 Å². The molecule has 0 radical (unpaired) electrons. The fourth-order valence-electron chi connectivity index (χ4n) is 3.38. The van der Waals surface area contributed by atoms with Crippen LogP contribution in [-0.2, 0) is 0 Å². The fraction of sp³-hybridized carbons (Fsp3) is 0.421. The molecule has 0 saturated carbocycles. The number of benzene rings is 1. The van der Waals surface area contributed by atoms with Crippen LogP contribution in [0.5, 0.6) is 0 Å². The maximum Gasteiger partial charge on any atom is 0.277 e. The van der Waals surface area contributed by atoms with Crippen molar-refractivity contribution in [1.29, 1.82) is 0 Å². The number of H-pyrrole nitrogens is 1. The maximum absolute atomic E-state index is 12.8. The number of hydrogen-bond donors (Lipinski definition) is 2. The number of rotatable bonds is 3. The molecular weight excluding hydrogens is 318 g/mol. The molecular formula is C19H23N3O3. The Morgan fingerprint density at radius 1 is 1.24 bits per heavy atom. The highest BCUT2D eigenvalue weighted by molar-refractivity contribution is 5.95. The average molecular weight is 341 g/mol. The van der Waals surface area contributed by atoms with Gasteiger partial charge < -0.3 is 10.0 Å². The van der Waals surface area contributed by atoms with Gasteiger partial charge in [-0.15, -0.1) is 0 Å². The number of aliphatic hydroxyl groups is 1. The van der Waals surface area contributed by atoms with Crippen LogP contribution < -0.4 is 5.56 Å². The minimum Gasteiger partial charge on any atom is -0.388 e. The standard InChI is InChI=1S/C19H23N3O3/c1-12-13(2)20-21-18(24)16(12)19(25)22-10-8-15(9-11-22)17(23)14-6-4-3-5-7-14/h3-7,15,17,23H,8-11H2,1-2H3,(H,21,24)/t17-/m0/s1. The van der Waals surface area contributed by atoms with Crippen LogP contribution in [0.1, 0.15) is 46.1 Å². The topological polar surface area (TPSA) is 86.3 Å². The van der Waals surface area contributed by atoms with Crippen LogP contribution in [0.2, 0.25) is 0 Å². The van der Waals surface area contributed by atoms with Crippen molar-refractivity contribution in [3.8, 4) is 0 Å². The number of aromatic amines is 1. The Morgan fingerprint density at radius 3 is 2.52 bits per heavy atom. The number of carbonyl (C=O) groups is 1. The van der Waals surface area contributed by atoms with Gasteiger partial charge in [-0.05, 0) is 43.7 Å². The molecule has 1 fully saturated rings. The van der Waals surface area contributed by atoms with Gasteiger partial charge in [0.2, 0.25) is 0 Å². The highest BCUT2D eigenvalue weighted by atomic mass is 16.3. The average Bonchev–Trinajstić information content (AvgIpc) is 2.65. The van der Waals surface area contributed by atoms with E-state index in [4.69, 9.17) is 0 Å². The number of aliphatic hydroxyl groups excluding tert-OH is 1. The maximum atomic E-state index is 12.8. The van der Waals surface area contributed by atoms with E-state index in [1.807, 2.05) is 30.3 Å². The van der Waals surface area contributed by atoms with Crippen LogP contribution in [0.25, 0.3) is 0 Å². The van der Waals surface area contributed by atoms with Crippen molar-refractivity contribution in [1.82, 2.24) is 15.1 Å². The van der Waals surface area contributed by atoms with Crippen molar-refractivity contribution >= 4 is 5.91 Å². The first-order chi connectivity index (χ1) is 12.0. The zero-order chi connectivity index (χ0) is 18.0. The molecule has 0 spiro atoms. The van der Waals surface area contributed by atoms with Crippen LogP contribution in [0, 0.1) is 19.8 Å².